The van der Waals surface area contributed by atoms with Crippen LogP contribution < -0.4 is 9.88 Å². The van der Waals surface area contributed by atoms with E-state index >= 15 is 0 Å². The Hall–Kier alpha value is -1.22. The molecule has 0 bridgehead atoms. The Morgan fingerprint density at radius 1 is 1.47 bits per heavy atom. The van der Waals surface area contributed by atoms with Crippen molar-refractivity contribution in [2.24, 2.45) is 5.14 Å². The van der Waals surface area contributed by atoms with E-state index in [1.54, 1.807) is 0 Å². The zero-order valence-corrected chi connectivity index (χ0v) is 11.5. The molecule has 0 fully saturated rings. The summed E-state index contributed by atoms with van der Waals surface area (Å²) in [4.78, 5) is 11.6. The second-order valence-corrected chi connectivity index (χ2v) is 5.50. The second-order valence-electron chi connectivity index (χ2n) is 2.95. The number of sulfonamides is 1. The molecule has 0 aromatic carbocycles. The lowest BCUT2D eigenvalue weighted by molar-refractivity contribution is -0.389. The minimum atomic E-state index is -5.20. The van der Waals surface area contributed by atoms with E-state index in [1.807, 2.05) is 0 Å². The molecule has 1 aromatic heterocycles. The summed E-state index contributed by atoms with van der Waals surface area (Å²) in [6.45, 7) is 0. The van der Waals surface area contributed by atoms with Crippen molar-refractivity contribution in [2.45, 2.75) is 11.3 Å². The number of hydrogen-bond acceptors (Lipinski definition) is 6. The normalized spacial score (nSPS) is 12.3. The van der Waals surface area contributed by atoms with Crippen molar-refractivity contribution >= 4 is 38.3 Å². The molecule has 2 N–H and O–H groups in total. The molecule has 0 atom stereocenters. The molecule has 19 heavy (non-hydrogen) atoms. The first-order valence-corrected chi connectivity index (χ1v) is 6.68. The number of halogens is 4. The number of aromatic nitrogens is 1. The number of nitro groups is 1. The van der Waals surface area contributed by atoms with Gasteiger partial charge in [0.15, 0.2) is 0 Å². The Morgan fingerprint density at radius 3 is 2.37 bits per heavy atom. The van der Waals surface area contributed by atoms with Crippen LogP contribution in [0.3, 0.4) is 0 Å². The molecule has 8 nitrogen and oxygen atoms in total. The Balaban J connectivity index is 3.51. The Kier molecular flexibility index (Phi) is 4.20. The highest BCUT2D eigenvalue weighted by atomic mass is 127. The van der Waals surface area contributed by atoms with E-state index in [1.165, 1.54) is 22.6 Å². The summed E-state index contributed by atoms with van der Waals surface area (Å²) < 4.78 is 61.1. The highest BCUT2D eigenvalue weighted by Gasteiger charge is 2.36. The van der Waals surface area contributed by atoms with Gasteiger partial charge in [-0.3, -0.25) is 10.1 Å². The number of alkyl halides is 3. The largest absolute Gasteiger partial charge is 0.574 e. The zero-order valence-electron chi connectivity index (χ0n) is 8.51. The van der Waals surface area contributed by atoms with E-state index < -0.39 is 41.5 Å². The van der Waals surface area contributed by atoms with E-state index in [2.05, 4.69) is 9.72 Å². The van der Waals surface area contributed by atoms with Gasteiger partial charge in [0.2, 0.25) is 10.0 Å². The summed E-state index contributed by atoms with van der Waals surface area (Å²) in [5.74, 6) is -1.37. The summed E-state index contributed by atoms with van der Waals surface area (Å²) in [5.41, 5.74) is -1.26. The minimum Gasteiger partial charge on any atom is -0.381 e. The van der Waals surface area contributed by atoms with Crippen LogP contribution in [-0.4, -0.2) is 24.7 Å². The molecule has 13 heteroatoms. The molecule has 0 amide bonds. The fraction of sp³-hybridized carbons (Fsp3) is 0.167. The van der Waals surface area contributed by atoms with Gasteiger partial charge in [-0.2, -0.15) is 4.98 Å². The Morgan fingerprint density at radius 2 is 2.00 bits per heavy atom. The van der Waals surface area contributed by atoms with Crippen molar-refractivity contribution in [2.75, 3.05) is 0 Å². The van der Waals surface area contributed by atoms with Crippen LogP contribution >= 0.6 is 22.6 Å². The number of hydrogen-bond donors (Lipinski definition) is 1. The van der Waals surface area contributed by atoms with Crippen molar-refractivity contribution in [3.63, 3.8) is 0 Å². The van der Waals surface area contributed by atoms with Gasteiger partial charge >= 0.3 is 17.9 Å². The van der Waals surface area contributed by atoms with Crippen LogP contribution in [0.4, 0.5) is 18.9 Å². The van der Waals surface area contributed by atoms with Crippen molar-refractivity contribution in [1.82, 2.24) is 4.98 Å². The molecule has 106 valence electrons. The number of nitrogens with zero attached hydrogens (tertiary/aromatic N) is 2. The molecule has 0 saturated heterocycles. The van der Waals surface area contributed by atoms with Gasteiger partial charge in [-0.15, -0.1) is 13.2 Å². The lowest BCUT2D eigenvalue weighted by Gasteiger charge is -2.09. The molecule has 0 saturated carbocycles. The smallest absolute Gasteiger partial charge is 0.381 e. The average Bonchev–Trinajstić information content (AvgIpc) is 2.11. The second kappa shape index (κ2) is 5.04. The standard InChI is InChI=1S/C6H3F3IN3O5S/c7-6(8,9)18-5-2(13(14)15)1-3(4(10)12-5)19(11,16)17/h1H,(H2,11,16,17). The summed E-state index contributed by atoms with van der Waals surface area (Å²) >= 11 is 1.26. The molecular weight excluding hydrogens is 410 g/mol. The zero-order chi connectivity index (χ0) is 15.0. The average molecular weight is 413 g/mol. The van der Waals surface area contributed by atoms with Crippen molar-refractivity contribution < 1.29 is 31.2 Å². The van der Waals surface area contributed by atoms with Crippen molar-refractivity contribution in [3.05, 3.63) is 19.9 Å². The van der Waals surface area contributed by atoms with Crippen LogP contribution in [0.1, 0.15) is 0 Å². The molecule has 1 rings (SSSR count). The Labute approximate surface area is 117 Å². The molecule has 1 aromatic rings. The van der Waals surface area contributed by atoms with Gasteiger partial charge < -0.3 is 4.74 Å². The summed E-state index contributed by atoms with van der Waals surface area (Å²) in [6, 6.07) is 0.352. The number of rotatable bonds is 3. The predicted octanol–water partition coefficient (Wildman–Crippen LogP) is 1.14. The number of nitrogens with two attached hydrogens (primary N) is 1. The summed E-state index contributed by atoms with van der Waals surface area (Å²) in [6.07, 6.45) is -5.20. The van der Waals surface area contributed by atoms with Gasteiger partial charge in [-0.25, -0.2) is 13.6 Å². The first-order valence-electron chi connectivity index (χ1n) is 4.05. The fourth-order valence-electron chi connectivity index (χ4n) is 0.962. The van der Waals surface area contributed by atoms with Gasteiger partial charge in [-0.05, 0) is 22.6 Å². The van der Waals surface area contributed by atoms with Crippen LogP contribution in [0.25, 0.3) is 0 Å². The maximum Gasteiger partial charge on any atom is 0.574 e. The van der Waals surface area contributed by atoms with Crippen molar-refractivity contribution in [1.29, 1.82) is 0 Å². The first-order chi connectivity index (χ1) is 8.42. The number of primary sulfonamides is 1. The molecule has 1 heterocycles. The van der Waals surface area contributed by atoms with Crippen molar-refractivity contribution in [3.8, 4) is 5.88 Å². The van der Waals surface area contributed by atoms with Crippen LogP contribution in [0.2, 0.25) is 0 Å². The molecule has 0 spiro atoms. The summed E-state index contributed by atoms with van der Waals surface area (Å²) in [7, 11) is -4.36. The minimum absolute atomic E-state index is 0.352. The number of pyridine rings is 1. The first kappa shape index (κ1) is 15.8. The molecule has 0 aliphatic carbocycles. The highest BCUT2D eigenvalue weighted by molar-refractivity contribution is 14.1. The lowest BCUT2D eigenvalue weighted by Crippen LogP contribution is -2.20. The molecule has 0 aliphatic heterocycles. The van der Waals surface area contributed by atoms with E-state index in [4.69, 9.17) is 5.14 Å². The van der Waals surface area contributed by atoms with Crippen LogP contribution in [-0.2, 0) is 10.0 Å². The van der Waals surface area contributed by atoms with Crippen LogP contribution in [0.5, 0.6) is 5.88 Å². The molecular formula is C6H3F3IN3O5S. The molecule has 0 aliphatic rings. The Bertz CT molecular complexity index is 632. The van der Waals surface area contributed by atoms with Gasteiger partial charge in [0.05, 0.1) is 4.92 Å². The van der Waals surface area contributed by atoms with Gasteiger partial charge in [-0.1, -0.05) is 0 Å². The summed E-state index contributed by atoms with van der Waals surface area (Å²) in [5, 5.41) is 15.3. The maximum absolute atomic E-state index is 12.0. The van der Waals surface area contributed by atoms with Gasteiger partial charge in [0.25, 0.3) is 0 Å². The van der Waals surface area contributed by atoms with Gasteiger partial charge in [0.1, 0.15) is 8.60 Å². The lowest BCUT2D eigenvalue weighted by atomic mass is 10.4. The van der Waals surface area contributed by atoms with Crippen LogP contribution in [0, 0.1) is 13.8 Å². The molecule has 0 radical (unpaired) electrons. The highest BCUT2D eigenvalue weighted by Crippen LogP contribution is 2.33. The fourth-order valence-corrected chi connectivity index (χ4v) is 2.81. The maximum atomic E-state index is 12.0. The molecule has 0 unspecified atom stereocenters. The monoisotopic (exact) mass is 413 g/mol. The van der Waals surface area contributed by atoms with E-state index in [0.717, 1.165) is 0 Å². The third-order valence-corrected chi connectivity index (χ3v) is 3.72. The predicted molar refractivity (Wildman–Crippen MR) is 61.7 cm³/mol. The van der Waals surface area contributed by atoms with E-state index in [-0.39, 0.29) is 0 Å². The third kappa shape index (κ3) is 4.13. The van der Waals surface area contributed by atoms with Crippen LogP contribution in [0.15, 0.2) is 11.0 Å². The van der Waals surface area contributed by atoms with E-state index in [9.17, 15) is 31.7 Å². The van der Waals surface area contributed by atoms with E-state index in [0.29, 0.717) is 6.07 Å². The quantitative estimate of drug-likeness (QED) is 0.343. The SMILES string of the molecule is NS(=O)(=O)c1cc([N+](=O)[O-])c(OC(F)(F)F)nc1I. The number of ether oxygens (including phenoxy) is 1. The van der Waals surface area contributed by atoms with Gasteiger partial charge in [0, 0.05) is 6.07 Å². The third-order valence-electron chi connectivity index (χ3n) is 1.61. The topological polar surface area (TPSA) is 125 Å².